The summed E-state index contributed by atoms with van der Waals surface area (Å²) in [7, 11) is 0. The van der Waals surface area contributed by atoms with Crippen LogP contribution in [0.5, 0.6) is 0 Å². The van der Waals surface area contributed by atoms with Gasteiger partial charge in [-0.15, -0.1) is 23.7 Å². The van der Waals surface area contributed by atoms with Crippen LogP contribution in [0.15, 0.2) is 12.1 Å². The van der Waals surface area contributed by atoms with Gasteiger partial charge in [0.15, 0.2) is 0 Å². The normalized spacial score (nSPS) is 18.4. The lowest BCUT2D eigenvalue weighted by Gasteiger charge is -2.09. The third-order valence-electron chi connectivity index (χ3n) is 3.14. The van der Waals surface area contributed by atoms with Crippen molar-refractivity contribution in [1.29, 1.82) is 0 Å². The van der Waals surface area contributed by atoms with Gasteiger partial charge in [0.25, 0.3) is 0 Å². The third kappa shape index (κ3) is 4.96. The molecule has 102 valence electrons. The summed E-state index contributed by atoms with van der Waals surface area (Å²) >= 11 is 1.75. The van der Waals surface area contributed by atoms with E-state index in [4.69, 9.17) is 0 Å². The first-order valence-corrected chi connectivity index (χ1v) is 7.11. The molecule has 2 rings (SSSR count). The van der Waals surface area contributed by atoms with E-state index in [1.54, 1.807) is 11.3 Å². The number of carbonyl (C=O) groups is 1. The largest absolute Gasteiger partial charge is 0.351 e. The summed E-state index contributed by atoms with van der Waals surface area (Å²) in [6.45, 7) is 3.87. The standard InChI is InChI=1S/C13H20N2OS.ClH/c1-10-4-6-12(17-10)9-15-13(16)7-5-11-3-2-8-14-11;/h4,6,11,14H,2-3,5,7-9H2,1H3,(H,15,16);1H. The molecule has 1 amide bonds. The molecule has 0 saturated carbocycles. The zero-order valence-electron chi connectivity index (χ0n) is 10.7. The third-order valence-corrected chi connectivity index (χ3v) is 4.14. The van der Waals surface area contributed by atoms with Gasteiger partial charge in [-0.2, -0.15) is 0 Å². The maximum absolute atomic E-state index is 11.6. The zero-order valence-corrected chi connectivity index (χ0v) is 12.3. The van der Waals surface area contributed by atoms with Crippen LogP contribution in [0.1, 0.15) is 35.4 Å². The highest BCUT2D eigenvalue weighted by atomic mass is 35.5. The summed E-state index contributed by atoms with van der Waals surface area (Å²) < 4.78 is 0. The van der Waals surface area contributed by atoms with Crippen molar-refractivity contribution in [3.63, 3.8) is 0 Å². The highest BCUT2D eigenvalue weighted by Gasteiger charge is 2.15. The Morgan fingerprint density at radius 1 is 1.56 bits per heavy atom. The first-order valence-electron chi connectivity index (χ1n) is 6.29. The molecule has 1 aliphatic rings. The lowest BCUT2D eigenvalue weighted by Crippen LogP contribution is -2.26. The molecule has 5 heteroatoms. The molecular weight excluding hydrogens is 268 g/mol. The van der Waals surface area contributed by atoms with E-state index in [-0.39, 0.29) is 18.3 Å². The van der Waals surface area contributed by atoms with E-state index in [0.717, 1.165) is 13.0 Å². The fourth-order valence-corrected chi connectivity index (χ4v) is 2.99. The van der Waals surface area contributed by atoms with Gasteiger partial charge in [-0.05, 0) is 44.9 Å². The molecule has 0 aromatic carbocycles. The molecule has 1 aromatic rings. The zero-order chi connectivity index (χ0) is 12.1. The first kappa shape index (κ1) is 15.5. The quantitative estimate of drug-likeness (QED) is 0.874. The highest BCUT2D eigenvalue weighted by Crippen LogP contribution is 2.15. The van der Waals surface area contributed by atoms with Crippen LogP contribution in [0.3, 0.4) is 0 Å². The van der Waals surface area contributed by atoms with Crippen LogP contribution in [-0.4, -0.2) is 18.5 Å². The summed E-state index contributed by atoms with van der Waals surface area (Å²) in [5.74, 6) is 0.171. The SMILES string of the molecule is Cc1ccc(CNC(=O)CCC2CCCN2)s1.Cl. The maximum Gasteiger partial charge on any atom is 0.220 e. The molecule has 2 N–H and O–H groups in total. The molecule has 2 heterocycles. The second-order valence-corrected chi connectivity index (χ2v) is 5.99. The summed E-state index contributed by atoms with van der Waals surface area (Å²) in [5.41, 5.74) is 0. The Hall–Kier alpha value is -0.580. The van der Waals surface area contributed by atoms with Gasteiger partial charge in [-0.25, -0.2) is 0 Å². The van der Waals surface area contributed by atoms with Crippen molar-refractivity contribution in [2.75, 3.05) is 6.54 Å². The smallest absolute Gasteiger partial charge is 0.220 e. The minimum absolute atomic E-state index is 0. The number of thiophene rings is 1. The number of hydrogen-bond acceptors (Lipinski definition) is 3. The van der Waals surface area contributed by atoms with Gasteiger partial charge >= 0.3 is 0 Å². The van der Waals surface area contributed by atoms with Gasteiger partial charge in [0.05, 0.1) is 6.54 Å². The second kappa shape index (κ2) is 7.77. The van der Waals surface area contributed by atoms with Gasteiger partial charge in [-0.3, -0.25) is 4.79 Å². The van der Waals surface area contributed by atoms with Crippen LogP contribution < -0.4 is 10.6 Å². The average molecular weight is 289 g/mol. The van der Waals surface area contributed by atoms with E-state index in [1.165, 1.54) is 22.6 Å². The predicted molar refractivity (Wildman–Crippen MR) is 78.4 cm³/mol. The monoisotopic (exact) mass is 288 g/mol. The Labute approximate surface area is 119 Å². The van der Waals surface area contributed by atoms with Gasteiger partial charge in [0, 0.05) is 22.2 Å². The van der Waals surface area contributed by atoms with Crippen molar-refractivity contribution < 1.29 is 4.79 Å². The minimum atomic E-state index is 0. The summed E-state index contributed by atoms with van der Waals surface area (Å²) in [4.78, 5) is 14.2. The molecule has 0 bridgehead atoms. The molecule has 3 nitrogen and oxygen atoms in total. The molecule has 1 saturated heterocycles. The van der Waals surface area contributed by atoms with E-state index in [9.17, 15) is 4.79 Å². The molecule has 1 aromatic heterocycles. The van der Waals surface area contributed by atoms with Gasteiger partial charge in [0.1, 0.15) is 0 Å². The van der Waals surface area contributed by atoms with Crippen LogP contribution in [0.4, 0.5) is 0 Å². The van der Waals surface area contributed by atoms with E-state index < -0.39 is 0 Å². The van der Waals surface area contributed by atoms with Crippen molar-refractivity contribution in [3.8, 4) is 0 Å². The van der Waals surface area contributed by atoms with Crippen LogP contribution in [0.25, 0.3) is 0 Å². The number of rotatable bonds is 5. The Morgan fingerprint density at radius 2 is 2.39 bits per heavy atom. The summed E-state index contributed by atoms with van der Waals surface area (Å²) in [5, 5.41) is 6.39. The van der Waals surface area contributed by atoms with Crippen molar-refractivity contribution in [3.05, 3.63) is 21.9 Å². The lowest BCUT2D eigenvalue weighted by atomic mass is 10.1. The van der Waals surface area contributed by atoms with E-state index >= 15 is 0 Å². The second-order valence-electron chi connectivity index (χ2n) is 4.62. The Balaban J connectivity index is 0.00000162. The first-order chi connectivity index (χ1) is 8.24. The molecule has 1 unspecified atom stereocenters. The van der Waals surface area contributed by atoms with E-state index in [2.05, 4.69) is 29.7 Å². The fraction of sp³-hybridized carbons (Fsp3) is 0.615. The minimum Gasteiger partial charge on any atom is -0.351 e. The summed E-state index contributed by atoms with van der Waals surface area (Å²) in [6, 6.07) is 4.73. The molecule has 1 fully saturated rings. The highest BCUT2D eigenvalue weighted by molar-refractivity contribution is 7.11. The Bertz CT molecular complexity index is 375. The lowest BCUT2D eigenvalue weighted by molar-refractivity contribution is -0.121. The van der Waals surface area contributed by atoms with Crippen molar-refractivity contribution in [2.24, 2.45) is 0 Å². The molecule has 1 atom stereocenters. The maximum atomic E-state index is 11.6. The van der Waals surface area contributed by atoms with Crippen molar-refractivity contribution >= 4 is 29.7 Å². The number of nitrogens with one attached hydrogen (secondary N) is 2. The molecule has 0 radical (unpaired) electrons. The number of halogens is 1. The van der Waals surface area contributed by atoms with Crippen molar-refractivity contribution in [2.45, 2.75) is 45.2 Å². The van der Waals surface area contributed by atoms with Gasteiger partial charge in [-0.1, -0.05) is 0 Å². The van der Waals surface area contributed by atoms with Crippen LogP contribution >= 0.6 is 23.7 Å². The molecule has 0 aliphatic carbocycles. The number of amides is 1. The van der Waals surface area contributed by atoms with E-state index in [1.807, 2.05) is 0 Å². The number of hydrogen-bond donors (Lipinski definition) is 2. The summed E-state index contributed by atoms with van der Waals surface area (Å²) in [6.07, 6.45) is 4.08. The topological polar surface area (TPSA) is 41.1 Å². The van der Waals surface area contributed by atoms with Crippen LogP contribution in [0.2, 0.25) is 0 Å². The van der Waals surface area contributed by atoms with Crippen LogP contribution in [-0.2, 0) is 11.3 Å². The fourth-order valence-electron chi connectivity index (χ4n) is 2.16. The average Bonchev–Trinajstić information content (AvgIpc) is 2.95. The molecule has 0 spiro atoms. The molecular formula is C13H21ClN2OS. The van der Waals surface area contributed by atoms with Crippen molar-refractivity contribution in [1.82, 2.24) is 10.6 Å². The van der Waals surface area contributed by atoms with E-state index in [0.29, 0.717) is 19.0 Å². The molecule has 1 aliphatic heterocycles. The number of aryl methyl sites for hydroxylation is 1. The predicted octanol–water partition coefficient (Wildman–Crippen LogP) is 2.63. The van der Waals surface area contributed by atoms with Gasteiger partial charge in [0.2, 0.25) is 5.91 Å². The van der Waals surface area contributed by atoms with Crippen LogP contribution in [0, 0.1) is 6.92 Å². The Kier molecular flexibility index (Phi) is 6.68. The van der Waals surface area contributed by atoms with Gasteiger partial charge < -0.3 is 10.6 Å². The molecule has 18 heavy (non-hydrogen) atoms. The number of carbonyl (C=O) groups excluding carboxylic acids is 1. The Morgan fingerprint density at radius 3 is 3.00 bits per heavy atom.